The molecule has 0 aliphatic carbocycles. The number of nitrogens with zero attached hydrogens (tertiary/aromatic N) is 5. The van der Waals surface area contributed by atoms with E-state index in [0.29, 0.717) is 16.5 Å². The average molecular weight is 369 g/mol. The second-order valence-electron chi connectivity index (χ2n) is 6.15. The van der Waals surface area contributed by atoms with Crippen LogP contribution in [0, 0.1) is 0 Å². The summed E-state index contributed by atoms with van der Waals surface area (Å²) < 4.78 is 7.67. The third-order valence-electron chi connectivity index (χ3n) is 4.50. The van der Waals surface area contributed by atoms with Gasteiger partial charge in [0.05, 0.1) is 5.52 Å². The van der Waals surface area contributed by atoms with Crippen molar-refractivity contribution in [3.8, 4) is 22.2 Å². The van der Waals surface area contributed by atoms with Gasteiger partial charge in [0.15, 0.2) is 5.76 Å². The van der Waals surface area contributed by atoms with Crippen molar-refractivity contribution in [3.05, 3.63) is 66.9 Å². The molecule has 0 aliphatic heterocycles. The van der Waals surface area contributed by atoms with Crippen LogP contribution in [0.25, 0.3) is 49.0 Å². The molecular formula is C20H11N5OS. The molecule has 27 heavy (non-hydrogen) atoms. The summed E-state index contributed by atoms with van der Waals surface area (Å²) in [5.74, 6) is 1.24. The number of hydrogen-bond acceptors (Lipinski definition) is 6. The summed E-state index contributed by atoms with van der Waals surface area (Å²) in [5.41, 5.74) is 2.73. The Morgan fingerprint density at radius 1 is 0.889 bits per heavy atom. The minimum atomic E-state index is 0.594. The molecule has 0 radical (unpaired) electrons. The Labute approximate surface area is 156 Å². The van der Waals surface area contributed by atoms with Crippen LogP contribution in [0.3, 0.4) is 0 Å². The summed E-state index contributed by atoms with van der Waals surface area (Å²) in [5, 5.41) is 16.3. The van der Waals surface area contributed by atoms with Crippen molar-refractivity contribution in [2.24, 2.45) is 0 Å². The molecule has 0 bridgehead atoms. The molecule has 0 saturated heterocycles. The van der Waals surface area contributed by atoms with Crippen LogP contribution in [0.15, 0.2) is 71.3 Å². The number of fused-ring (bicyclic) bond motifs is 3. The first kappa shape index (κ1) is 14.6. The third kappa shape index (κ3) is 2.18. The fourth-order valence-corrected chi connectivity index (χ4v) is 4.11. The van der Waals surface area contributed by atoms with Gasteiger partial charge in [0.1, 0.15) is 10.6 Å². The predicted octanol–water partition coefficient (Wildman–Crippen LogP) is 4.81. The average Bonchev–Trinajstić information content (AvgIpc) is 3.40. The maximum absolute atomic E-state index is 5.93. The van der Waals surface area contributed by atoms with Gasteiger partial charge in [-0.1, -0.05) is 47.7 Å². The molecule has 0 spiro atoms. The minimum absolute atomic E-state index is 0.594. The molecule has 0 fully saturated rings. The predicted molar refractivity (Wildman–Crippen MR) is 105 cm³/mol. The van der Waals surface area contributed by atoms with Crippen LogP contribution in [-0.4, -0.2) is 24.8 Å². The Morgan fingerprint density at radius 3 is 2.74 bits per heavy atom. The first-order chi connectivity index (χ1) is 13.4. The van der Waals surface area contributed by atoms with Crippen molar-refractivity contribution in [2.45, 2.75) is 0 Å². The molecule has 0 N–H and O–H groups in total. The van der Waals surface area contributed by atoms with Gasteiger partial charge in [0, 0.05) is 22.5 Å². The van der Waals surface area contributed by atoms with Crippen molar-refractivity contribution in [1.29, 1.82) is 0 Å². The Morgan fingerprint density at radius 2 is 1.78 bits per heavy atom. The topological polar surface area (TPSA) is 69.1 Å². The molecule has 6 rings (SSSR count). The summed E-state index contributed by atoms with van der Waals surface area (Å²) in [4.78, 5) is 5.24. The number of rotatable bonds is 2. The quantitative estimate of drug-likeness (QED) is 0.438. The van der Waals surface area contributed by atoms with E-state index in [2.05, 4.69) is 15.2 Å². The van der Waals surface area contributed by atoms with Crippen molar-refractivity contribution in [2.75, 3.05) is 0 Å². The van der Waals surface area contributed by atoms with Crippen molar-refractivity contribution in [1.82, 2.24) is 24.8 Å². The molecule has 6 aromatic rings. The third-order valence-corrected chi connectivity index (χ3v) is 5.43. The first-order valence-corrected chi connectivity index (χ1v) is 9.24. The van der Waals surface area contributed by atoms with Crippen LogP contribution in [-0.2, 0) is 0 Å². The smallest absolute Gasteiger partial charge is 0.235 e. The lowest BCUT2D eigenvalue weighted by atomic mass is 10.1. The van der Waals surface area contributed by atoms with Gasteiger partial charge in [-0.25, -0.2) is 0 Å². The monoisotopic (exact) mass is 369 g/mol. The molecule has 4 aromatic heterocycles. The SMILES string of the molecule is c1ccc2oc(-c3nnc4sc(-c5cccc6cccnc56)nn34)cc2c1. The van der Waals surface area contributed by atoms with Gasteiger partial charge in [-0.2, -0.15) is 9.61 Å². The number of hydrogen-bond donors (Lipinski definition) is 0. The number of pyridine rings is 1. The summed E-state index contributed by atoms with van der Waals surface area (Å²) in [6.07, 6.45) is 1.80. The Kier molecular flexibility index (Phi) is 2.95. The number of para-hydroxylation sites is 2. The van der Waals surface area contributed by atoms with Crippen molar-refractivity contribution in [3.63, 3.8) is 0 Å². The Balaban J connectivity index is 1.55. The highest BCUT2D eigenvalue weighted by atomic mass is 32.1. The molecule has 0 unspecified atom stereocenters. The maximum atomic E-state index is 5.93. The van der Waals surface area contributed by atoms with E-state index in [1.807, 2.05) is 60.7 Å². The van der Waals surface area contributed by atoms with Crippen molar-refractivity contribution >= 4 is 38.2 Å². The van der Waals surface area contributed by atoms with Gasteiger partial charge in [-0.05, 0) is 24.3 Å². The summed E-state index contributed by atoms with van der Waals surface area (Å²) in [7, 11) is 0. The van der Waals surface area contributed by atoms with E-state index in [1.165, 1.54) is 11.3 Å². The molecule has 4 heterocycles. The molecule has 0 atom stereocenters. The van der Waals surface area contributed by atoms with Crippen LogP contribution in [0.1, 0.15) is 0 Å². The highest BCUT2D eigenvalue weighted by Crippen LogP contribution is 2.33. The van der Waals surface area contributed by atoms with Gasteiger partial charge in [0.25, 0.3) is 0 Å². The van der Waals surface area contributed by atoms with Gasteiger partial charge in [-0.15, -0.1) is 10.2 Å². The minimum Gasteiger partial charge on any atom is -0.453 e. The van der Waals surface area contributed by atoms with Crippen LogP contribution < -0.4 is 0 Å². The molecule has 128 valence electrons. The molecular weight excluding hydrogens is 358 g/mol. The molecule has 7 heteroatoms. The zero-order valence-electron chi connectivity index (χ0n) is 13.9. The largest absolute Gasteiger partial charge is 0.453 e. The number of benzene rings is 2. The van der Waals surface area contributed by atoms with Crippen LogP contribution in [0.2, 0.25) is 0 Å². The summed E-state index contributed by atoms with van der Waals surface area (Å²) in [6.45, 7) is 0. The van der Waals surface area contributed by atoms with Gasteiger partial charge < -0.3 is 4.42 Å². The molecule has 0 aliphatic rings. The van der Waals surface area contributed by atoms with Crippen LogP contribution in [0.5, 0.6) is 0 Å². The Bertz CT molecular complexity index is 1410. The van der Waals surface area contributed by atoms with E-state index in [4.69, 9.17) is 9.52 Å². The second kappa shape index (κ2) is 5.46. The fourth-order valence-electron chi connectivity index (χ4n) is 3.25. The Hall–Kier alpha value is -3.58. The molecule has 2 aromatic carbocycles. The van der Waals surface area contributed by atoms with Crippen LogP contribution >= 0.6 is 11.3 Å². The summed E-state index contributed by atoms with van der Waals surface area (Å²) in [6, 6.07) is 19.9. The summed E-state index contributed by atoms with van der Waals surface area (Å²) >= 11 is 1.48. The molecule has 0 saturated carbocycles. The van der Waals surface area contributed by atoms with Crippen molar-refractivity contribution < 1.29 is 4.42 Å². The number of aromatic nitrogens is 5. The first-order valence-electron chi connectivity index (χ1n) is 8.42. The lowest BCUT2D eigenvalue weighted by Gasteiger charge is -2.01. The lowest BCUT2D eigenvalue weighted by Crippen LogP contribution is -1.90. The maximum Gasteiger partial charge on any atom is 0.235 e. The number of furan rings is 1. The van der Waals surface area contributed by atoms with Crippen LogP contribution in [0.4, 0.5) is 0 Å². The van der Waals surface area contributed by atoms with E-state index in [-0.39, 0.29) is 0 Å². The van der Waals surface area contributed by atoms with Gasteiger partial charge in [-0.3, -0.25) is 4.98 Å². The van der Waals surface area contributed by atoms with E-state index in [1.54, 1.807) is 10.7 Å². The zero-order chi connectivity index (χ0) is 17.8. The normalized spacial score (nSPS) is 11.7. The molecule has 6 nitrogen and oxygen atoms in total. The van der Waals surface area contributed by atoms with E-state index in [0.717, 1.165) is 32.4 Å². The van der Waals surface area contributed by atoms with E-state index >= 15 is 0 Å². The van der Waals surface area contributed by atoms with Gasteiger partial charge >= 0.3 is 0 Å². The highest BCUT2D eigenvalue weighted by molar-refractivity contribution is 7.19. The van der Waals surface area contributed by atoms with Gasteiger partial charge in [0.2, 0.25) is 10.8 Å². The zero-order valence-corrected chi connectivity index (χ0v) is 14.7. The lowest BCUT2D eigenvalue weighted by molar-refractivity contribution is 0.622. The fraction of sp³-hybridized carbons (Fsp3) is 0. The second-order valence-corrected chi connectivity index (χ2v) is 7.11. The standard InChI is InChI=1S/C20H11N5OS/c1-2-9-15-13(5-1)11-16(26-15)18-22-23-20-25(18)24-19(27-20)14-8-3-6-12-7-4-10-21-17(12)14/h1-11H. The van der Waals surface area contributed by atoms with E-state index in [9.17, 15) is 0 Å². The highest BCUT2D eigenvalue weighted by Gasteiger charge is 2.18. The molecule has 0 amide bonds. The van der Waals surface area contributed by atoms with E-state index < -0.39 is 0 Å².